The molecule has 0 spiro atoms. The summed E-state index contributed by atoms with van der Waals surface area (Å²) in [6.07, 6.45) is 5.30. The third-order valence-corrected chi connectivity index (χ3v) is 1.22. The van der Waals surface area contributed by atoms with E-state index in [0.717, 1.165) is 5.70 Å². The van der Waals surface area contributed by atoms with Gasteiger partial charge in [-0.2, -0.15) is 4.58 Å². The Morgan fingerprint density at radius 1 is 1.67 bits per heavy atom. The standard InChI is InChI=1S/C7H9N2/c1-7-6-8-4-3-5-9(7)2/h3-4,6H,1-2H3/q+1. The number of hydrogen-bond donors (Lipinski definition) is 0. The lowest BCUT2D eigenvalue weighted by Crippen LogP contribution is -1.98. The van der Waals surface area contributed by atoms with Crippen LogP contribution < -0.4 is 0 Å². The van der Waals surface area contributed by atoms with Gasteiger partial charge in [-0.25, -0.2) is 0 Å². The van der Waals surface area contributed by atoms with E-state index in [1.165, 1.54) is 0 Å². The van der Waals surface area contributed by atoms with Crippen LogP contribution in [-0.4, -0.2) is 23.7 Å². The van der Waals surface area contributed by atoms with Crippen LogP contribution in [0.25, 0.3) is 0 Å². The van der Waals surface area contributed by atoms with Crippen LogP contribution in [0, 0.1) is 0 Å². The Morgan fingerprint density at radius 3 is 3.22 bits per heavy atom. The third kappa shape index (κ3) is 1.37. The molecule has 0 unspecified atom stereocenters. The van der Waals surface area contributed by atoms with Gasteiger partial charge in [0.1, 0.15) is 7.05 Å². The van der Waals surface area contributed by atoms with E-state index in [2.05, 4.69) is 10.9 Å². The zero-order chi connectivity index (χ0) is 6.69. The topological polar surface area (TPSA) is 15.4 Å². The summed E-state index contributed by atoms with van der Waals surface area (Å²) in [5.41, 5.74) is 1.10. The van der Waals surface area contributed by atoms with Gasteiger partial charge in [-0.1, -0.05) is 0 Å². The average molecular weight is 121 g/mol. The SMILES string of the molecule is CC1=CN=CC=C=[N+]1C. The highest BCUT2D eigenvalue weighted by molar-refractivity contribution is 5.82. The van der Waals surface area contributed by atoms with Crippen molar-refractivity contribution in [3.63, 3.8) is 0 Å². The van der Waals surface area contributed by atoms with E-state index in [-0.39, 0.29) is 0 Å². The van der Waals surface area contributed by atoms with Crippen molar-refractivity contribution in [1.82, 2.24) is 0 Å². The molecule has 2 heteroatoms. The fourth-order valence-electron chi connectivity index (χ4n) is 0.527. The Labute approximate surface area is 54.5 Å². The van der Waals surface area contributed by atoms with E-state index in [9.17, 15) is 0 Å². The summed E-state index contributed by atoms with van der Waals surface area (Å²) in [4.78, 5) is 3.96. The molecule has 0 fully saturated rings. The van der Waals surface area contributed by atoms with Crippen molar-refractivity contribution in [3.05, 3.63) is 18.0 Å². The van der Waals surface area contributed by atoms with Crippen LogP contribution in [0.3, 0.4) is 0 Å². The van der Waals surface area contributed by atoms with Crippen molar-refractivity contribution < 1.29 is 4.58 Å². The second-order valence-corrected chi connectivity index (χ2v) is 1.92. The lowest BCUT2D eigenvalue weighted by molar-refractivity contribution is -0.435. The lowest BCUT2D eigenvalue weighted by Gasteiger charge is -1.84. The molecule has 0 radical (unpaired) electrons. The average Bonchev–Trinajstić information content (AvgIpc) is 1.99. The minimum atomic E-state index is 1.10. The Balaban J connectivity index is 3.06. The number of aliphatic imine (C=N–C) groups is 1. The number of hydrogen-bond acceptors (Lipinski definition) is 1. The van der Waals surface area contributed by atoms with Gasteiger partial charge in [0.2, 0.25) is 5.70 Å². The van der Waals surface area contributed by atoms with E-state index in [1.807, 2.05) is 18.5 Å². The maximum Gasteiger partial charge on any atom is 0.205 e. The first-order valence-electron chi connectivity index (χ1n) is 2.82. The molecule has 0 saturated heterocycles. The Morgan fingerprint density at radius 2 is 2.44 bits per heavy atom. The van der Waals surface area contributed by atoms with Gasteiger partial charge in [0.25, 0.3) is 0 Å². The molecule has 0 aromatic rings. The molecule has 1 rings (SSSR count). The highest BCUT2D eigenvalue weighted by atomic mass is 15.0. The monoisotopic (exact) mass is 121 g/mol. The zero-order valence-electron chi connectivity index (χ0n) is 5.63. The summed E-state index contributed by atoms with van der Waals surface area (Å²) in [6.45, 7) is 1.99. The second kappa shape index (κ2) is 2.42. The van der Waals surface area contributed by atoms with Gasteiger partial charge in [-0.05, 0) is 0 Å². The molecule has 0 bridgehead atoms. The van der Waals surface area contributed by atoms with Crippen molar-refractivity contribution in [2.24, 2.45) is 4.99 Å². The fraction of sp³-hybridized carbons (Fsp3) is 0.286. The molecule has 0 saturated carbocycles. The van der Waals surface area contributed by atoms with Crippen LogP contribution in [0.15, 0.2) is 23.0 Å². The summed E-state index contributed by atoms with van der Waals surface area (Å²) < 4.78 is 1.90. The van der Waals surface area contributed by atoms with Crippen molar-refractivity contribution in [2.45, 2.75) is 6.92 Å². The fourth-order valence-corrected chi connectivity index (χ4v) is 0.527. The Kier molecular flexibility index (Phi) is 1.61. The summed E-state index contributed by atoms with van der Waals surface area (Å²) >= 11 is 0. The van der Waals surface area contributed by atoms with Crippen LogP contribution in [0.5, 0.6) is 0 Å². The van der Waals surface area contributed by atoms with Gasteiger partial charge in [-0.15, -0.1) is 0 Å². The second-order valence-electron chi connectivity index (χ2n) is 1.92. The van der Waals surface area contributed by atoms with Gasteiger partial charge in [-0.3, -0.25) is 4.99 Å². The van der Waals surface area contributed by atoms with Gasteiger partial charge in [0.15, 0.2) is 5.87 Å². The zero-order valence-corrected chi connectivity index (χ0v) is 5.63. The molecule has 46 valence electrons. The summed E-state index contributed by atoms with van der Waals surface area (Å²) in [7, 11) is 1.94. The van der Waals surface area contributed by atoms with Crippen molar-refractivity contribution in [2.75, 3.05) is 7.05 Å². The minimum absolute atomic E-state index is 1.10. The van der Waals surface area contributed by atoms with Crippen LogP contribution in [0.4, 0.5) is 0 Å². The van der Waals surface area contributed by atoms with Gasteiger partial charge >= 0.3 is 0 Å². The molecule has 0 aromatic heterocycles. The first-order valence-corrected chi connectivity index (χ1v) is 2.82. The molecule has 0 N–H and O–H groups in total. The molecular formula is C7H9N2+. The maximum absolute atomic E-state index is 3.96. The predicted octanol–water partition coefficient (Wildman–Crippen LogP) is 0.800. The van der Waals surface area contributed by atoms with Crippen molar-refractivity contribution >= 4 is 12.1 Å². The highest BCUT2D eigenvalue weighted by Crippen LogP contribution is 1.92. The van der Waals surface area contributed by atoms with Gasteiger partial charge in [0.05, 0.1) is 12.3 Å². The first-order chi connectivity index (χ1) is 4.30. The molecule has 2 nitrogen and oxygen atoms in total. The molecule has 9 heavy (non-hydrogen) atoms. The molecule has 0 amide bonds. The largest absolute Gasteiger partial charge is 0.257 e. The molecule has 1 aliphatic rings. The lowest BCUT2D eigenvalue weighted by atomic mass is 10.5. The van der Waals surface area contributed by atoms with E-state index in [4.69, 9.17) is 0 Å². The van der Waals surface area contributed by atoms with E-state index in [1.54, 1.807) is 18.5 Å². The molecule has 0 aliphatic carbocycles. The summed E-state index contributed by atoms with van der Waals surface area (Å²) in [5.74, 6) is 2.98. The van der Waals surface area contributed by atoms with Crippen LogP contribution in [-0.2, 0) is 0 Å². The third-order valence-electron chi connectivity index (χ3n) is 1.22. The number of nitrogens with zero attached hydrogens (tertiary/aromatic N) is 2. The van der Waals surface area contributed by atoms with E-state index < -0.39 is 0 Å². The first kappa shape index (κ1) is 5.99. The van der Waals surface area contributed by atoms with Crippen LogP contribution in [0.2, 0.25) is 0 Å². The van der Waals surface area contributed by atoms with E-state index >= 15 is 0 Å². The van der Waals surface area contributed by atoms with Crippen molar-refractivity contribution in [1.29, 1.82) is 0 Å². The summed E-state index contributed by atoms with van der Waals surface area (Å²) in [5, 5.41) is 0. The Bertz CT molecular complexity index is 227. The summed E-state index contributed by atoms with van der Waals surface area (Å²) in [6, 6.07) is 0. The van der Waals surface area contributed by atoms with E-state index in [0.29, 0.717) is 0 Å². The van der Waals surface area contributed by atoms with Crippen LogP contribution >= 0.6 is 0 Å². The molecule has 1 heterocycles. The predicted molar refractivity (Wildman–Crippen MR) is 38.0 cm³/mol. The van der Waals surface area contributed by atoms with Crippen LogP contribution in [0.1, 0.15) is 6.92 Å². The maximum atomic E-state index is 3.96. The quantitative estimate of drug-likeness (QED) is 0.421. The normalized spacial score (nSPS) is 16.7. The highest BCUT2D eigenvalue weighted by Gasteiger charge is 1.97. The molecule has 0 atom stereocenters. The molecular weight excluding hydrogens is 112 g/mol. The number of rotatable bonds is 0. The smallest absolute Gasteiger partial charge is 0.205 e. The minimum Gasteiger partial charge on any atom is -0.257 e. The Hall–Kier alpha value is -1.14. The molecule has 0 aromatic carbocycles. The number of allylic oxidation sites excluding steroid dienone is 2. The van der Waals surface area contributed by atoms with Gasteiger partial charge in [0, 0.05) is 13.1 Å². The van der Waals surface area contributed by atoms with Gasteiger partial charge < -0.3 is 0 Å². The molecule has 1 aliphatic heterocycles. The van der Waals surface area contributed by atoms with Crippen molar-refractivity contribution in [3.8, 4) is 0 Å².